The van der Waals surface area contributed by atoms with Crippen LogP contribution in [0.25, 0.3) is 0 Å². The molecule has 0 aliphatic rings. The molecule has 0 aliphatic heterocycles. The second kappa shape index (κ2) is 5.85. The van der Waals surface area contributed by atoms with E-state index in [2.05, 4.69) is 15.1 Å². The molecule has 0 amide bonds. The molecule has 0 aliphatic carbocycles. The third-order valence-electron chi connectivity index (χ3n) is 2.24. The lowest BCUT2D eigenvalue weighted by Gasteiger charge is -2.04. The summed E-state index contributed by atoms with van der Waals surface area (Å²) in [5.41, 5.74) is -0.256. The minimum Gasteiger partial charge on any atom is -0.318 e. The zero-order chi connectivity index (χ0) is 14.6. The van der Waals surface area contributed by atoms with Crippen molar-refractivity contribution in [2.45, 2.75) is 39.9 Å². The summed E-state index contributed by atoms with van der Waals surface area (Å²) < 4.78 is 38.5. The van der Waals surface area contributed by atoms with Crippen LogP contribution in [0.1, 0.15) is 31.7 Å². The Labute approximate surface area is 108 Å². The van der Waals surface area contributed by atoms with E-state index in [-0.39, 0.29) is 13.0 Å². The number of aryl methyl sites for hydroxylation is 1. The summed E-state index contributed by atoms with van der Waals surface area (Å²) in [6.45, 7) is 4.68. The Morgan fingerprint density at radius 1 is 1.53 bits per heavy atom. The van der Waals surface area contributed by atoms with E-state index >= 15 is 0 Å². The number of nitrogens with zero attached hydrogens (tertiary/aromatic N) is 3. The highest BCUT2D eigenvalue weighted by atomic mass is 19.4. The van der Waals surface area contributed by atoms with Gasteiger partial charge in [-0.25, -0.2) is 4.79 Å². The number of halogens is 3. The number of alkyl halides is 3. The lowest BCUT2D eigenvalue weighted by Crippen LogP contribution is -2.13. The highest BCUT2D eigenvalue weighted by Crippen LogP contribution is 2.28. The number of rotatable bonds is 4. The molecule has 0 radical (unpaired) electrons. The number of carbonyl (C=O) groups excluding carboxylic acids is 1. The monoisotopic (exact) mass is 277 g/mol. The molecule has 0 atom stereocenters. The van der Waals surface area contributed by atoms with Crippen LogP contribution in [0.3, 0.4) is 0 Å². The van der Waals surface area contributed by atoms with Gasteiger partial charge in [0, 0.05) is 12.1 Å². The minimum atomic E-state index is -4.48. The first-order valence-electron chi connectivity index (χ1n) is 5.59. The number of aromatic nitrogens is 2. The van der Waals surface area contributed by atoms with E-state index in [4.69, 9.17) is 0 Å². The summed E-state index contributed by atoms with van der Waals surface area (Å²) in [4.78, 5) is 15.4. The van der Waals surface area contributed by atoms with Crippen molar-refractivity contribution in [1.29, 1.82) is 0 Å². The molecule has 0 spiro atoms. The van der Waals surface area contributed by atoms with Gasteiger partial charge in [-0.15, -0.1) is 0 Å². The molecular weight excluding hydrogens is 263 g/mol. The molecule has 5 nitrogen and oxygen atoms in total. The van der Waals surface area contributed by atoms with Gasteiger partial charge in [0.25, 0.3) is 0 Å². The van der Waals surface area contributed by atoms with Gasteiger partial charge in [0.1, 0.15) is 0 Å². The Balaban J connectivity index is 2.77. The fourth-order valence-corrected chi connectivity index (χ4v) is 1.25. The van der Waals surface area contributed by atoms with E-state index in [0.29, 0.717) is 11.4 Å². The molecule has 1 heterocycles. The van der Waals surface area contributed by atoms with Crippen LogP contribution >= 0.6 is 0 Å². The Hall–Kier alpha value is -1.86. The van der Waals surface area contributed by atoms with Gasteiger partial charge in [-0.3, -0.25) is 4.68 Å². The van der Waals surface area contributed by atoms with Crippen LogP contribution in [0.5, 0.6) is 0 Å². The lowest BCUT2D eigenvalue weighted by atomic mass is 10.3. The van der Waals surface area contributed by atoms with Crippen molar-refractivity contribution in [1.82, 2.24) is 9.78 Å². The van der Waals surface area contributed by atoms with E-state index in [9.17, 15) is 18.0 Å². The number of carbonyl (C=O) groups is 1. The standard InChI is InChI=1S/C11H14F3N3O2/c1-4-10(18)19-16-7(2)6-17-8(3)5-9(15-17)11(12,13)14/h5H,4,6H2,1-3H3/b16-7-. The van der Waals surface area contributed by atoms with Crippen LogP contribution in [0.2, 0.25) is 0 Å². The maximum Gasteiger partial charge on any atom is 0.435 e. The van der Waals surface area contributed by atoms with Crippen molar-refractivity contribution in [3.8, 4) is 0 Å². The fourth-order valence-electron chi connectivity index (χ4n) is 1.25. The third-order valence-corrected chi connectivity index (χ3v) is 2.24. The van der Waals surface area contributed by atoms with Gasteiger partial charge < -0.3 is 4.84 Å². The predicted octanol–water partition coefficient (Wildman–Crippen LogP) is 2.54. The van der Waals surface area contributed by atoms with E-state index in [0.717, 1.165) is 10.7 Å². The Morgan fingerprint density at radius 3 is 2.63 bits per heavy atom. The molecule has 1 rings (SSSR count). The van der Waals surface area contributed by atoms with Gasteiger partial charge in [-0.1, -0.05) is 12.1 Å². The van der Waals surface area contributed by atoms with Gasteiger partial charge in [0.05, 0.1) is 12.3 Å². The van der Waals surface area contributed by atoms with E-state index in [1.165, 1.54) is 13.8 Å². The quantitative estimate of drug-likeness (QED) is 0.483. The number of oxime groups is 1. The summed E-state index contributed by atoms with van der Waals surface area (Å²) in [5, 5.41) is 6.97. The Kier molecular flexibility index (Phi) is 4.68. The maximum atomic E-state index is 12.4. The van der Waals surface area contributed by atoms with Gasteiger partial charge >= 0.3 is 12.1 Å². The van der Waals surface area contributed by atoms with Crippen LogP contribution < -0.4 is 0 Å². The van der Waals surface area contributed by atoms with Gasteiger partial charge in [-0.05, 0) is 19.9 Å². The predicted molar refractivity (Wildman–Crippen MR) is 61.5 cm³/mol. The Bertz CT molecular complexity index is 492. The van der Waals surface area contributed by atoms with Crippen molar-refractivity contribution in [2.24, 2.45) is 5.16 Å². The largest absolute Gasteiger partial charge is 0.435 e. The molecule has 106 valence electrons. The normalized spacial score (nSPS) is 12.6. The average Bonchev–Trinajstić information content (AvgIpc) is 2.67. The maximum absolute atomic E-state index is 12.4. The molecular formula is C11H14F3N3O2. The fraction of sp³-hybridized carbons (Fsp3) is 0.545. The van der Waals surface area contributed by atoms with Crippen molar-refractivity contribution in [3.63, 3.8) is 0 Å². The van der Waals surface area contributed by atoms with Crippen molar-refractivity contribution < 1.29 is 22.8 Å². The second-order valence-electron chi connectivity index (χ2n) is 3.97. The zero-order valence-corrected chi connectivity index (χ0v) is 10.8. The summed E-state index contributed by atoms with van der Waals surface area (Å²) in [6.07, 6.45) is -4.30. The molecule has 0 fully saturated rings. The first kappa shape index (κ1) is 15.2. The van der Waals surface area contributed by atoms with Crippen molar-refractivity contribution in [3.05, 3.63) is 17.5 Å². The summed E-state index contributed by atoms with van der Waals surface area (Å²) in [5.74, 6) is -0.507. The molecule has 0 saturated heterocycles. The van der Waals surface area contributed by atoms with Crippen LogP contribution in [0.15, 0.2) is 11.2 Å². The van der Waals surface area contributed by atoms with Gasteiger partial charge in [0.2, 0.25) is 0 Å². The van der Waals surface area contributed by atoms with Crippen LogP contribution in [-0.4, -0.2) is 21.5 Å². The topological polar surface area (TPSA) is 56.5 Å². The SMILES string of the molecule is CCC(=O)O/N=C(/C)Cn1nc(C(F)(F)F)cc1C. The highest BCUT2D eigenvalue weighted by molar-refractivity contribution is 5.82. The second-order valence-corrected chi connectivity index (χ2v) is 3.97. The molecule has 8 heteroatoms. The smallest absolute Gasteiger partial charge is 0.318 e. The molecule has 1 aromatic heterocycles. The number of hydrogen-bond donors (Lipinski definition) is 0. The van der Waals surface area contributed by atoms with Crippen molar-refractivity contribution in [2.75, 3.05) is 0 Å². The molecule has 0 saturated carbocycles. The van der Waals surface area contributed by atoms with E-state index in [1.807, 2.05) is 0 Å². The average molecular weight is 277 g/mol. The third kappa shape index (κ3) is 4.38. The van der Waals surface area contributed by atoms with Gasteiger partial charge in [0.15, 0.2) is 5.69 Å². The minimum absolute atomic E-state index is 0.0267. The summed E-state index contributed by atoms with van der Waals surface area (Å²) in [6, 6.07) is 0.950. The summed E-state index contributed by atoms with van der Waals surface area (Å²) >= 11 is 0. The van der Waals surface area contributed by atoms with Crippen molar-refractivity contribution >= 4 is 11.7 Å². The number of hydrogen-bond acceptors (Lipinski definition) is 4. The van der Waals surface area contributed by atoms with Crippen LogP contribution in [-0.2, 0) is 22.4 Å². The zero-order valence-electron chi connectivity index (χ0n) is 10.8. The molecule has 0 aromatic carbocycles. The molecule has 19 heavy (non-hydrogen) atoms. The Morgan fingerprint density at radius 2 is 2.16 bits per heavy atom. The van der Waals surface area contributed by atoms with E-state index in [1.54, 1.807) is 6.92 Å². The first-order valence-corrected chi connectivity index (χ1v) is 5.59. The first-order chi connectivity index (χ1) is 8.74. The molecule has 1 aromatic rings. The van der Waals surface area contributed by atoms with Crippen LogP contribution in [0, 0.1) is 6.92 Å². The lowest BCUT2D eigenvalue weighted by molar-refractivity contribution is -0.143. The van der Waals surface area contributed by atoms with Gasteiger partial charge in [-0.2, -0.15) is 18.3 Å². The van der Waals surface area contributed by atoms with E-state index < -0.39 is 17.8 Å². The highest BCUT2D eigenvalue weighted by Gasteiger charge is 2.34. The summed E-state index contributed by atoms with van der Waals surface area (Å²) in [7, 11) is 0. The van der Waals surface area contributed by atoms with Crippen LogP contribution in [0.4, 0.5) is 13.2 Å². The molecule has 0 bridgehead atoms. The molecule has 0 unspecified atom stereocenters. The molecule has 0 N–H and O–H groups in total.